The summed E-state index contributed by atoms with van der Waals surface area (Å²) in [5.74, 6) is 1.59. The highest BCUT2D eigenvalue weighted by molar-refractivity contribution is 5.38. The van der Waals surface area contributed by atoms with Crippen LogP contribution in [0.15, 0.2) is 24.3 Å². The van der Waals surface area contributed by atoms with Crippen LogP contribution in [0.5, 0.6) is 5.75 Å². The Hall–Kier alpha value is -1.06. The van der Waals surface area contributed by atoms with E-state index in [2.05, 4.69) is 17.0 Å². The molecule has 1 fully saturated rings. The first-order valence-electron chi connectivity index (χ1n) is 6.30. The zero-order chi connectivity index (χ0) is 11.9. The summed E-state index contributed by atoms with van der Waals surface area (Å²) in [5, 5.41) is 9.74. The van der Waals surface area contributed by atoms with Crippen molar-refractivity contribution in [3.63, 3.8) is 0 Å². The van der Waals surface area contributed by atoms with E-state index in [0.717, 1.165) is 38.4 Å². The van der Waals surface area contributed by atoms with E-state index < -0.39 is 5.60 Å². The van der Waals surface area contributed by atoms with E-state index in [4.69, 9.17) is 4.74 Å². The first-order valence-corrected chi connectivity index (χ1v) is 6.30. The molecule has 1 aromatic rings. The van der Waals surface area contributed by atoms with Crippen LogP contribution in [-0.4, -0.2) is 41.8 Å². The third kappa shape index (κ3) is 2.17. The Morgan fingerprint density at radius 1 is 1.41 bits per heavy atom. The number of fused-ring (bicyclic) bond motifs is 1. The van der Waals surface area contributed by atoms with Gasteiger partial charge in [0.15, 0.2) is 0 Å². The van der Waals surface area contributed by atoms with Crippen molar-refractivity contribution in [1.29, 1.82) is 0 Å². The Kier molecular flexibility index (Phi) is 2.60. The number of hydrogen-bond acceptors (Lipinski definition) is 3. The first-order chi connectivity index (χ1) is 8.14. The minimum atomic E-state index is -0.468. The van der Waals surface area contributed by atoms with Crippen molar-refractivity contribution in [2.24, 2.45) is 0 Å². The van der Waals surface area contributed by atoms with E-state index in [-0.39, 0.29) is 0 Å². The lowest BCUT2D eigenvalue weighted by molar-refractivity contribution is -0.0859. The second-order valence-corrected chi connectivity index (χ2v) is 5.54. The fraction of sp³-hybridized carbons (Fsp3) is 0.571. The van der Waals surface area contributed by atoms with E-state index in [1.54, 1.807) is 0 Å². The maximum absolute atomic E-state index is 9.74. The Balaban J connectivity index is 1.69. The molecule has 1 N–H and O–H groups in total. The molecular formula is C14H19NO2. The molecule has 0 aliphatic carbocycles. The summed E-state index contributed by atoms with van der Waals surface area (Å²) in [6.45, 7) is 5.35. The first kappa shape index (κ1) is 11.1. The lowest BCUT2D eigenvalue weighted by Gasteiger charge is -2.46. The molecule has 3 heteroatoms. The van der Waals surface area contributed by atoms with E-state index in [1.165, 1.54) is 5.56 Å². The molecule has 2 aliphatic rings. The van der Waals surface area contributed by atoms with Crippen molar-refractivity contribution in [2.45, 2.75) is 24.9 Å². The van der Waals surface area contributed by atoms with Crippen LogP contribution >= 0.6 is 0 Å². The van der Waals surface area contributed by atoms with Gasteiger partial charge in [-0.15, -0.1) is 0 Å². The SMILES string of the molecule is CC1(O)CN(CC2CCOc3ccccc32)C1. The molecule has 92 valence electrons. The Morgan fingerprint density at radius 2 is 2.18 bits per heavy atom. The van der Waals surface area contributed by atoms with Crippen molar-refractivity contribution < 1.29 is 9.84 Å². The third-order valence-electron chi connectivity index (χ3n) is 3.69. The maximum atomic E-state index is 9.74. The van der Waals surface area contributed by atoms with Gasteiger partial charge < -0.3 is 9.84 Å². The molecule has 17 heavy (non-hydrogen) atoms. The van der Waals surface area contributed by atoms with Crippen LogP contribution in [0.1, 0.15) is 24.8 Å². The van der Waals surface area contributed by atoms with Crippen LogP contribution in [0.3, 0.4) is 0 Å². The van der Waals surface area contributed by atoms with Gasteiger partial charge in [-0.1, -0.05) is 18.2 Å². The van der Waals surface area contributed by atoms with Crippen LogP contribution in [-0.2, 0) is 0 Å². The van der Waals surface area contributed by atoms with Gasteiger partial charge in [0.1, 0.15) is 5.75 Å². The molecule has 0 saturated carbocycles. The molecule has 3 nitrogen and oxygen atoms in total. The number of rotatable bonds is 2. The number of likely N-dealkylation sites (tertiary alicyclic amines) is 1. The van der Waals surface area contributed by atoms with E-state index in [1.807, 2.05) is 19.1 Å². The molecule has 0 radical (unpaired) electrons. The second-order valence-electron chi connectivity index (χ2n) is 5.54. The molecule has 2 heterocycles. The van der Waals surface area contributed by atoms with Crippen molar-refractivity contribution in [3.8, 4) is 5.75 Å². The zero-order valence-corrected chi connectivity index (χ0v) is 10.2. The average molecular weight is 233 g/mol. The van der Waals surface area contributed by atoms with Crippen LogP contribution in [0, 0.1) is 0 Å². The standard InChI is InChI=1S/C14H19NO2/c1-14(16)9-15(10-14)8-11-6-7-17-13-5-3-2-4-12(11)13/h2-5,11,16H,6-10H2,1H3. The number of β-amino-alcohol motifs (C(OH)–C–C–N with tert-alkyl or cyclic N) is 1. The van der Waals surface area contributed by atoms with Crippen molar-refractivity contribution in [3.05, 3.63) is 29.8 Å². The number of ether oxygens (including phenoxy) is 1. The summed E-state index contributed by atoms with van der Waals surface area (Å²) >= 11 is 0. The van der Waals surface area contributed by atoms with Gasteiger partial charge in [-0.05, 0) is 25.0 Å². The van der Waals surface area contributed by atoms with Gasteiger partial charge >= 0.3 is 0 Å². The maximum Gasteiger partial charge on any atom is 0.122 e. The predicted octanol–water partition coefficient (Wildman–Crippen LogP) is 1.62. The summed E-state index contributed by atoms with van der Waals surface area (Å²) in [5.41, 5.74) is 0.857. The molecule has 1 saturated heterocycles. The van der Waals surface area contributed by atoms with Gasteiger partial charge in [0.2, 0.25) is 0 Å². The van der Waals surface area contributed by atoms with Gasteiger partial charge in [-0.25, -0.2) is 0 Å². The summed E-state index contributed by atoms with van der Waals surface area (Å²) in [7, 11) is 0. The second kappa shape index (κ2) is 4.00. The molecular weight excluding hydrogens is 214 g/mol. The summed E-state index contributed by atoms with van der Waals surface area (Å²) in [4.78, 5) is 2.33. The molecule has 1 unspecified atom stereocenters. The molecule has 2 aliphatic heterocycles. The Morgan fingerprint density at radius 3 is 2.94 bits per heavy atom. The minimum Gasteiger partial charge on any atom is -0.493 e. The molecule has 0 bridgehead atoms. The third-order valence-corrected chi connectivity index (χ3v) is 3.69. The van der Waals surface area contributed by atoms with E-state index >= 15 is 0 Å². The smallest absolute Gasteiger partial charge is 0.122 e. The van der Waals surface area contributed by atoms with Gasteiger partial charge in [-0.3, -0.25) is 4.90 Å². The highest BCUT2D eigenvalue weighted by Gasteiger charge is 2.38. The number of aliphatic hydroxyl groups is 1. The largest absolute Gasteiger partial charge is 0.493 e. The monoisotopic (exact) mass is 233 g/mol. The van der Waals surface area contributed by atoms with E-state index in [9.17, 15) is 5.11 Å². The van der Waals surface area contributed by atoms with Crippen LogP contribution in [0.2, 0.25) is 0 Å². The number of benzene rings is 1. The summed E-state index contributed by atoms with van der Waals surface area (Å²) in [6, 6.07) is 8.31. The van der Waals surface area contributed by atoms with Crippen molar-refractivity contribution in [1.82, 2.24) is 4.90 Å². The number of nitrogens with zero attached hydrogens (tertiary/aromatic N) is 1. The minimum absolute atomic E-state index is 0.468. The predicted molar refractivity (Wildman–Crippen MR) is 66.4 cm³/mol. The number of para-hydroxylation sites is 1. The highest BCUT2D eigenvalue weighted by Crippen LogP contribution is 2.35. The molecule has 0 amide bonds. The van der Waals surface area contributed by atoms with Gasteiger partial charge in [0, 0.05) is 25.6 Å². The molecule has 1 atom stereocenters. The van der Waals surface area contributed by atoms with E-state index in [0.29, 0.717) is 5.92 Å². The van der Waals surface area contributed by atoms with Crippen LogP contribution in [0.25, 0.3) is 0 Å². The lowest BCUT2D eigenvalue weighted by Crippen LogP contribution is -2.60. The van der Waals surface area contributed by atoms with Gasteiger partial charge in [0.05, 0.1) is 12.2 Å². The lowest BCUT2D eigenvalue weighted by atomic mass is 9.89. The number of hydrogen-bond donors (Lipinski definition) is 1. The fourth-order valence-electron chi connectivity index (χ4n) is 2.96. The van der Waals surface area contributed by atoms with Gasteiger partial charge in [0.25, 0.3) is 0 Å². The van der Waals surface area contributed by atoms with Crippen molar-refractivity contribution >= 4 is 0 Å². The summed E-state index contributed by atoms with van der Waals surface area (Å²) in [6.07, 6.45) is 1.08. The van der Waals surface area contributed by atoms with Crippen LogP contribution < -0.4 is 4.74 Å². The Bertz CT molecular complexity index is 408. The molecule has 0 aromatic heterocycles. The average Bonchev–Trinajstić information content (AvgIpc) is 2.27. The Labute approximate surface area is 102 Å². The quantitative estimate of drug-likeness (QED) is 0.842. The summed E-state index contributed by atoms with van der Waals surface area (Å²) < 4.78 is 5.66. The molecule has 0 spiro atoms. The topological polar surface area (TPSA) is 32.7 Å². The fourth-order valence-corrected chi connectivity index (χ4v) is 2.96. The van der Waals surface area contributed by atoms with Gasteiger partial charge in [-0.2, -0.15) is 0 Å². The van der Waals surface area contributed by atoms with Crippen molar-refractivity contribution in [2.75, 3.05) is 26.2 Å². The molecule has 3 rings (SSSR count). The van der Waals surface area contributed by atoms with Crippen LogP contribution in [0.4, 0.5) is 0 Å². The normalized spacial score (nSPS) is 26.8. The zero-order valence-electron chi connectivity index (χ0n) is 10.2. The highest BCUT2D eigenvalue weighted by atomic mass is 16.5. The molecule has 1 aromatic carbocycles.